The minimum absolute atomic E-state index is 0.0868. The molecule has 0 aromatic carbocycles. The van der Waals surface area contributed by atoms with Crippen LogP contribution in [0.5, 0.6) is 0 Å². The minimum Gasteiger partial charge on any atom is -0.368 e. The maximum Gasteiger partial charge on any atom is 0.237 e. The van der Waals surface area contributed by atoms with Crippen molar-refractivity contribution in [3.63, 3.8) is 0 Å². The van der Waals surface area contributed by atoms with Gasteiger partial charge in [0.15, 0.2) is 0 Å². The second kappa shape index (κ2) is 4.61. The number of hydrogen-bond acceptors (Lipinski definition) is 3. The molecular formula is C10H19N3O2. The van der Waals surface area contributed by atoms with E-state index in [1.165, 1.54) is 12.8 Å². The van der Waals surface area contributed by atoms with Gasteiger partial charge in [-0.25, -0.2) is 0 Å². The summed E-state index contributed by atoms with van der Waals surface area (Å²) >= 11 is 0. The van der Waals surface area contributed by atoms with Crippen LogP contribution in [0.15, 0.2) is 0 Å². The first kappa shape index (κ1) is 12.0. The highest BCUT2D eigenvalue weighted by molar-refractivity contribution is 5.85. The monoisotopic (exact) mass is 213 g/mol. The highest BCUT2D eigenvalue weighted by atomic mass is 16.2. The summed E-state index contributed by atoms with van der Waals surface area (Å²) in [5, 5.41) is 5.62. The van der Waals surface area contributed by atoms with E-state index in [0.717, 1.165) is 6.54 Å². The molecule has 0 spiro atoms. The molecule has 0 aromatic heterocycles. The van der Waals surface area contributed by atoms with Gasteiger partial charge in [0.2, 0.25) is 11.8 Å². The molecule has 4 N–H and O–H groups in total. The molecule has 1 aliphatic carbocycles. The van der Waals surface area contributed by atoms with E-state index < -0.39 is 11.4 Å². The molecule has 0 radical (unpaired) electrons. The van der Waals surface area contributed by atoms with E-state index in [9.17, 15) is 9.59 Å². The lowest BCUT2D eigenvalue weighted by Crippen LogP contribution is -2.53. The Kier molecular flexibility index (Phi) is 3.68. The van der Waals surface area contributed by atoms with Crippen molar-refractivity contribution in [2.75, 3.05) is 13.1 Å². The standard InChI is InChI=1S/C10H19N3O2/c1-10(2,9(11)15)13-6-8(14)12-5-7-3-4-7/h7,13H,3-6H2,1-2H3,(H2,11,15)(H,12,14). The van der Waals surface area contributed by atoms with Gasteiger partial charge in [0.1, 0.15) is 0 Å². The predicted molar refractivity (Wildman–Crippen MR) is 57.0 cm³/mol. The average molecular weight is 213 g/mol. The summed E-state index contributed by atoms with van der Waals surface area (Å²) in [6.45, 7) is 4.19. The summed E-state index contributed by atoms with van der Waals surface area (Å²) in [6.07, 6.45) is 2.42. The Morgan fingerprint density at radius 2 is 2.00 bits per heavy atom. The van der Waals surface area contributed by atoms with Crippen LogP contribution in [0, 0.1) is 5.92 Å². The fraction of sp³-hybridized carbons (Fsp3) is 0.800. The molecule has 5 heteroatoms. The molecule has 0 bridgehead atoms. The van der Waals surface area contributed by atoms with Crippen LogP contribution < -0.4 is 16.4 Å². The second-order valence-corrected chi connectivity index (χ2v) is 4.59. The van der Waals surface area contributed by atoms with Crippen LogP contribution in [0.2, 0.25) is 0 Å². The first-order valence-corrected chi connectivity index (χ1v) is 5.23. The van der Waals surface area contributed by atoms with Crippen molar-refractivity contribution in [1.29, 1.82) is 0 Å². The van der Waals surface area contributed by atoms with Gasteiger partial charge in [-0.3, -0.25) is 14.9 Å². The lowest BCUT2D eigenvalue weighted by Gasteiger charge is -2.21. The van der Waals surface area contributed by atoms with Crippen molar-refractivity contribution < 1.29 is 9.59 Å². The van der Waals surface area contributed by atoms with Crippen LogP contribution in [0.3, 0.4) is 0 Å². The Labute approximate surface area is 89.8 Å². The summed E-state index contributed by atoms with van der Waals surface area (Å²) < 4.78 is 0. The predicted octanol–water partition coefficient (Wildman–Crippen LogP) is -0.634. The highest BCUT2D eigenvalue weighted by Crippen LogP contribution is 2.27. The molecule has 1 saturated carbocycles. The van der Waals surface area contributed by atoms with Crippen LogP contribution in [0.25, 0.3) is 0 Å². The van der Waals surface area contributed by atoms with Crippen LogP contribution in [0.1, 0.15) is 26.7 Å². The number of amides is 2. The van der Waals surface area contributed by atoms with Gasteiger partial charge >= 0.3 is 0 Å². The molecule has 15 heavy (non-hydrogen) atoms. The van der Waals surface area contributed by atoms with Crippen molar-refractivity contribution in [1.82, 2.24) is 10.6 Å². The van der Waals surface area contributed by atoms with E-state index in [-0.39, 0.29) is 12.5 Å². The zero-order valence-corrected chi connectivity index (χ0v) is 9.30. The van der Waals surface area contributed by atoms with E-state index in [1.54, 1.807) is 13.8 Å². The zero-order valence-electron chi connectivity index (χ0n) is 9.30. The quantitative estimate of drug-likeness (QED) is 0.549. The third-order valence-corrected chi connectivity index (χ3v) is 2.59. The second-order valence-electron chi connectivity index (χ2n) is 4.59. The topological polar surface area (TPSA) is 84.2 Å². The Morgan fingerprint density at radius 3 is 2.47 bits per heavy atom. The van der Waals surface area contributed by atoms with E-state index in [2.05, 4.69) is 10.6 Å². The lowest BCUT2D eigenvalue weighted by molar-refractivity contribution is -0.124. The minimum atomic E-state index is -0.836. The van der Waals surface area contributed by atoms with Crippen LogP contribution in [-0.2, 0) is 9.59 Å². The molecule has 2 amide bonds. The fourth-order valence-corrected chi connectivity index (χ4v) is 1.03. The summed E-state index contributed by atoms with van der Waals surface area (Å²) in [7, 11) is 0. The molecule has 5 nitrogen and oxygen atoms in total. The lowest BCUT2D eigenvalue weighted by atomic mass is 10.1. The highest BCUT2D eigenvalue weighted by Gasteiger charge is 2.25. The third-order valence-electron chi connectivity index (χ3n) is 2.59. The van der Waals surface area contributed by atoms with E-state index in [1.807, 2.05) is 0 Å². The first-order chi connectivity index (χ1) is 6.92. The van der Waals surface area contributed by atoms with Gasteiger partial charge in [-0.2, -0.15) is 0 Å². The van der Waals surface area contributed by atoms with Crippen molar-refractivity contribution >= 4 is 11.8 Å². The molecule has 0 aromatic rings. The normalized spacial score (nSPS) is 16.1. The summed E-state index contributed by atoms with van der Waals surface area (Å²) in [5.74, 6) is 0.117. The van der Waals surface area contributed by atoms with Crippen LogP contribution >= 0.6 is 0 Å². The van der Waals surface area contributed by atoms with E-state index in [4.69, 9.17) is 5.73 Å². The number of carbonyl (C=O) groups is 2. The van der Waals surface area contributed by atoms with E-state index >= 15 is 0 Å². The summed E-state index contributed by atoms with van der Waals surface area (Å²) in [4.78, 5) is 22.3. The number of carbonyl (C=O) groups excluding carboxylic acids is 2. The molecule has 0 saturated heterocycles. The third kappa shape index (κ3) is 4.29. The first-order valence-electron chi connectivity index (χ1n) is 5.23. The largest absolute Gasteiger partial charge is 0.368 e. The molecule has 0 atom stereocenters. The van der Waals surface area contributed by atoms with Gasteiger partial charge < -0.3 is 11.1 Å². The van der Waals surface area contributed by atoms with Crippen molar-refractivity contribution in [3.8, 4) is 0 Å². The van der Waals surface area contributed by atoms with Gasteiger partial charge in [-0.1, -0.05) is 0 Å². The number of primary amides is 1. The fourth-order valence-electron chi connectivity index (χ4n) is 1.03. The van der Waals surface area contributed by atoms with Crippen molar-refractivity contribution in [2.45, 2.75) is 32.2 Å². The molecule has 1 rings (SSSR count). The van der Waals surface area contributed by atoms with Gasteiger partial charge in [-0.15, -0.1) is 0 Å². The van der Waals surface area contributed by atoms with Gasteiger partial charge in [0.05, 0.1) is 12.1 Å². The molecule has 1 aliphatic rings. The molecule has 0 unspecified atom stereocenters. The summed E-state index contributed by atoms with van der Waals surface area (Å²) in [6, 6.07) is 0. The maximum absolute atomic E-state index is 11.3. The van der Waals surface area contributed by atoms with Crippen molar-refractivity contribution in [3.05, 3.63) is 0 Å². The maximum atomic E-state index is 11.3. The van der Waals surface area contributed by atoms with Gasteiger partial charge in [0.25, 0.3) is 0 Å². The van der Waals surface area contributed by atoms with Crippen LogP contribution in [-0.4, -0.2) is 30.4 Å². The summed E-state index contributed by atoms with van der Waals surface area (Å²) in [5.41, 5.74) is 4.32. The molecule has 0 aliphatic heterocycles. The van der Waals surface area contributed by atoms with E-state index in [0.29, 0.717) is 5.92 Å². The van der Waals surface area contributed by atoms with Gasteiger partial charge in [0, 0.05) is 6.54 Å². The SMILES string of the molecule is CC(C)(NCC(=O)NCC1CC1)C(N)=O. The number of nitrogens with two attached hydrogens (primary N) is 1. The number of rotatable bonds is 6. The average Bonchev–Trinajstić information content (AvgIpc) is 2.94. The Hall–Kier alpha value is -1.10. The number of nitrogens with one attached hydrogen (secondary N) is 2. The molecule has 86 valence electrons. The Morgan fingerprint density at radius 1 is 1.40 bits per heavy atom. The van der Waals surface area contributed by atoms with Gasteiger partial charge in [-0.05, 0) is 32.6 Å². The Balaban J connectivity index is 2.17. The molecule has 0 heterocycles. The zero-order chi connectivity index (χ0) is 11.5. The molecule has 1 fully saturated rings. The van der Waals surface area contributed by atoms with Crippen molar-refractivity contribution in [2.24, 2.45) is 11.7 Å². The molecular weight excluding hydrogens is 194 g/mol. The number of hydrogen-bond donors (Lipinski definition) is 3. The Bertz CT molecular complexity index is 259. The smallest absolute Gasteiger partial charge is 0.237 e. The van der Waals surface area contributed by atoms with Crippen LogP contribution in [0.4, 0.5) is 0 Å².